The summed E-state index contributed by atoms with van der Waals surface area (Å²) in [7, 11) is 0. The number of nitrogens with zero attached hydrogens (tertiary/aromatic N) is 3. The third-order valence-corrected chi connectivity index (χ3v) is 5.27. The zero-order valence-corrected chi connectivity index (χ0v) is 16.9. The van der Waals surface area contributed by atoms with E-state index >= 15 is 0 Å². The highest BCUT2D eigenvalue weighted by Gasteiger charge is 2.17. The lowest BCUT2D eigenvalue weighted by Gasteiger charge is -2.11. The summed E-state index contributed by atoms with van der Waals surface area (Å²) in [5.74, 6) is 0. The van der Waals surface area contributed by atoms with Crippen LogP contribution in [0, 0.1) is 0 Å². The molecule has 0 unspecified atom stereocenters. The minimum Gasteiger partial charge on any atom is -0.250 e. The van der Waals surface area contributed by atoms with Crippen molar-refractivity contribution in [2.45, 2.75) is 33.7 Å². The molecule has 4 nitrogen and oxygen atoms in total. The Morgan fingerprint density at radius 1 is 0.897 bits per heavy atom. The highest BCUT2D eigenvalue weighted by molar-refractivity contribution is 6.31. The van der Waals surface area contributed by atoms with Crippen molar-refractivity contribution in [1.29, 1.82) is 0 Å². The first kappa shape index (κ1) is 21.2. The number of fused-ring (bicyclic) bond motifs is 1. The molecule has 0 bridgehead atoms. The lowest BCUT2D eigenvalue weighted by Crippen LogP contribution is -2.21. The molecule has 4 rings (SSSR count). The Morgan fingerprint density at radius 3 is 2.07 bits per heavy atom. The zero-order chi connectivity index (χ0) is 19.7. The molecule has 0 saturated heterocycles. The van der Waals surface area contributed by atoms with Crippen LogP contribution in [-0.2, 0) is 6.54 Å². The number of halogens is 2. The fraction of sp³-hybridized carbons (Fsp3) is 0.217. The summed E-state index contributed by atoms with van der Waals surface area (Å²) in [6, 6.07) is 17.2. The van der Waals surface area contributed by atoms with E-state index in [1.807, 2.05) is 54.6 Å². The molecule has 0 amide bonds. The average molecular weight is 428 g/mol. The van der Waals surface area contributed by atoms with Crippen LogP contribution in [0.1, 0.15) is 27.2 Å². The Balaban J connectivity index is 0.00000240. The van der Waals surface area contributed by atoms with Gasteiger partial charge in [0.05, 0.1) is 0 Å². The van der Waals surface area contributed by atoms with Crippen LogP contribution < -0.4 is 5.69 Å². The van der Waals surface area contributed by atoms with Crippen LogP contribution in [0.25, 0.3) is 27.9 Å². The normalized spacial score (nSPS) is 10.9. The number of unbranched alkanes of at least 4 members (excludes halogenated alkanes) is 1. The molecular weight excluding hydrogens is 405 g/mol. The van der Waals surface area contributed by atoms with Gasteiger partial charge in [0.2, 0.25) is 0 Å². The van der Waals surface area contributed by atoms with E-state index in [-0.39, 0.29) is 13.1 Å². The molecule has 0 spiro atoms. The number of rotatable bonds is 5. The van der Waals surface area contributed by atoms with Crippen molar-refractivity contribution in [1.82, 2.24) is 14.2 Å². The molecule has 0 saturated carbocycles. The minimum atomic E-state index is -0.124. The van der Waals surface area contributed by atoms with Crippen LogP contribution in [0.4, 0.5) is 0 Å². The van der Waals surface area contributed by atoms with Crippen LogP contribution in [-0.4, -0.2) is 14.2 Å². The van der Waals surface area contributed by atoms with Gasteiger partial charge in [-0.05, 0) is 53.4 Å². The number of aromatic nitrogens is 3. The summed E-state index contributed by atoms with van der Waals surface area (Å²) in [6.45, 7) is 2.70. The van der Waals surface area contributed by atoms with Crippen LogP contribution in [0.15, 0.2) is 65.6 Å². The van der Waals surface area contributed by atoms with Gasteiger partial charge in [0.25, 0.3) is 0 Å². The number of aryl methyl sites for hydroxylation is 1. The van der Waals surface area contributed by atoms with Gasteiger partial charge >= 0.3 is 5.69 Å². The Bertz CT molecular complexity index is 1180. The smallest absolute Gasteiger partial charge is 0.250 e. The van der Waals surface area contributed by atoms with Crippen molar-refractivity contribution in [3.8, 4) is 22.3 Å². The van der Waals surface area contributed by atoms with E-state index in [0.29, 0.717) is 22.2 Å². The molecule has 0 radical (unpaired) electrons. The standard InChI is InChI=1S/C22H19Cl2N3O.CH4/c1-2-3-13-27-22(28)26-14-12-19(15-4-8-17(23)9-5-15)20(21(26)25-27)16-6-10-18(24)11-7-16;/h4-12,14H,2-3,13H2,1H3;1H4. The molecule has 0 aliphatic rings. The molecule has 0 aliphatic heterocycles. The van der Waals surface area contributed by atoms with Crippen LogP contribution >= 0.6 is 23.2 Å². The molecule has 6 heteroatoms. The predicted molar refractivity (Wildman–Crippen MR) is 122 cm³/mol. The largest absolute Gasteiger partial charge is 0.350 e. The maximum atomic E-state index is 12.8. The molecule has 0 fully saturated rings. The Morgan fingerprint density at radius 2 is 1.48 bits per heavy atom. The Kier molecular flexibility index (Phi) is 6.46. The number of hydrogen-bond acceptors (Lipinski definition) is 2. The molecular formula is C23H23Cl2N3O. The maximum Gasteiger partial charge on any atom is 0.350 e. The van der Waals surface area contributed by atoms with Gasteiger partial charge in [-0.2, -0.15) is 0 Å². The van der Waals surface area contributed by atoms with Crippen molar-refractivity contribution in [2.24, 2.45) is 0 Å². The second-order valence-corrected chi connectivity index (χ2v) is 7.54. The lowest BCUT2D eigenvalue weighted by atomic mass is 9.96. The molecule has 29 heavy (non-hydrogen) atoms. The minimum absolute atomic E-state index is 0. The van der Waals surface area contributed by atoms with Gasteiger partial charge < -0.3 is 0 Å². The number of hydrogen-bond donors (Lipinski definition) is 0. The summed E-state index contributed by atoms with van der Waals surface area (Å²) >= 11 is 12.2. The summed E-state index contributed by atoms with van der Waals surface area (Å²) in [6.07, 6.45) is 3.70. The van der Waals surface area contributed by atoms with Crippen molar-refractivity contribution in [3.63, 3.8) is 0 Å². The van der Waals surface area contributed by atoms with E-state index in [9.17, 15) is 4.79 Å². The molecule has 0 N–H and O–H groups in total. The number of benzene rings is 2. The third-order valence-electron chi connectivity index (χ3n) is 4.77. The average Bonchev–Trinajstić information content (AvgIpc) is 3.03. The highest BCUT2D eigenvalue weighted by Crippen LogP contribution is 2.35. The van der Waals surface area contributed by atoms with Crippen molar-refractivity contribution >= 4 is 28.8 Å². The van der Waals surface area contributed by atoms with Crippen molar-refractivity contribution < 1.29 is 0 Å². The SMILES string of the molecule is C.CCCCn1nc2c(-c3ccc(Cl)cc3)c(-c3ccc(Cl)cc3)ccn2c1=O. The van der Waals surface area contributed by atoms with E-state index in [1.165, 1.54) is 0 Å². The van der Waals surface area contributed by atoms with Gasteiger partial charge in [-0.1, -0.05) is 68.2 Å². The van der Waals surface area contributed by atoms with E-state index in [1.54, 1.807) is 15.3 Å². The van der Waals surface area contributed by atoms with E-state index < -0.39 is 0 Å². The van der Waals surface area contributed by atoms with E-state index in [2.05, 4.69) is 12.0 Å². The van der Waals surface area contributed by atoms with Gasteiger partial charge in [0, 0.05) is 28.4 Å². The summed E-state index contributed by atoms with van der Waals surface area (Å²) in [5, 5.41) is 6.00. The van der Waals surface area contributed by atoms with Gasteiger partial charge in [0.15, 0.2) is 5.65 Å². The van der Waals surface area contributed by atoms with Crippen molar-refractivity contribution in [2.75, 3.05) is 0 Å². The third kappa shape index (κ3) is 4.09. The Hall–Kier alpha value is -2.56. The first-order valence-electron chi connectivity index (χ1n) is 9.22. The topological polar surface area (TPSA) is 39.3 Å². The fourth-order valence-electron chi connectivity index (χ4n) is 3.30. The molecule has 2 heterocycles. The lowest BCUT2D eigenvalue weighted by molar-refractivity contribution is 0.554. The quantitative estimate of drug-likeness (QED) is 0.361. The molecule has 0 atom stereocenters. The monoisotopic (exact) mass is 427 g/mol. The fourth-order valence-corrected chi connectivity index (χ4v) is 3.55. The maximum absolute atomic E-state index is 12.8. The first-order chi connectivity index (χ1) is 13.6. The van der Waals surface area contributed by atoms with Crippen LogP contribution in [0.5, 0.6) is 0 Å². The van der Waals surface area contributed by atoms with Gasteiger partial charge in [0.1, 0.15) is 0 Å². The second kappa shape index (κ2) is 8.85. The summed E-state index contributed by atoms with van der Waals surface area (Å²) in [4.78, 5) is 12.8. The molecule has 0 aliphatic carbocycles. The molecule has 4 aromatic rings. The second-order valence-electron chi connectivity index (χ2n) is 6.67. The highest BCUT2D eigenvalue weighted by atomic mass is 35.5. The molecule has 150 valence electrons. The van der Waals surface area contributed by atoms with E-state index in [4.69, 9.17) is 23.2 Å². The summed E-state index contributed by atoms with van der Waals surface area (Å²) in [5.41, 5.74) is 4.35. The van der Waals surface area contributed by atoms with E-state index in [0.717, 1.165) is 35.1 Å². The van der Waals surface area contributed by atoms with Gasteiger partial charge in [-0.15, -0.1) is 5.10 Å². The molecule has 2 aromatic heterocycles. The zero-order valence-electron chi connectivity index (χ0n) is 15.4. The van der Waals surface area contributed by atoms with Gasteiger partial charge in [-0.25, -0.2) is 13.9 Å². The molecule has 2 aromatic carbocycles. The number of pyridine rings is 1. The predicted octanol–water partition coefficient (Wildman–Crippen LogP) is 6.57. The summed E-state index contributed by atoms with van der Waals surface area (Å²) < 4.78 is 3.16. The van der Waals surface area contributed by atoms with Crippen molar-refractivity contribution in [3.05, 3.63) is 81.3 Å². The van der Waals surface area contributed by atoms with Gasteiger partial charge in [-0.3, -0.25) is 0 Å². The Labute approximate surface area is 180 Å². The first-order valence-corrected chi connectivity index (χ1v) is 9.98. The van der Waals surface area contributed by atoms with Crippen LogP contribution in [0.2, 0.25) is 10.0 Å². The van der Waals surface area contributed by atoms with Crippen LogP contribution in [0.3, 0.4) is 0 Å².